The molecule has 0 radical (unpaired) electrons. The summed E-state index contributed by atoms with van der Waals surface area (Å²) in [6.07, 6.45) is 0. The normalized spacial score (nSPS) is 13.4. The fourth-order valence-electron chi connectivity index (χ4n) is 2.04. The van der Waals surface area contributed by atoms with Crippen LogP contribution in [-0.4, -0.2) is 35.0 Å². The van der Waals surface area contributed by atoms with Gasteiger partial charge in [0.2, 0.25) is 0 Å². The van der Waals surface area contributed by atoms with E-state index >= 15 is 0 Å². The maximum atomic E-state index is 4.65. The van der Waals surface area contributed by atoms with Gasteiger partial charge in [-0.25, -0.2) is 9.97 Å². The molecule has 1 atom stereocenters. The van der Waals surface area contributed by atoms with Crippen LogP contribution in [0.15, 0.2) is 11.4 Å². The molecule has 0 aromatic carbocycles. The summed E-state index contributed by atoms with van der Waals surface area (Å²) < 4.78 is 0. The first-order valence-electron chi connectivity index (χ1n) is 6.65. The predicted octanol–water partition coefficient (Wildman–Crippen LogP) is 3.21. The minimum Gasteiger partial charge on any atom is -0.372 e. The second-order valence-corrected chi connectivity index (χ2v) is 6.17. The van der Waals surface area contributed by atoms with E-state index < -0.39 is 0 Å². The van der Waals surface area contributed by atoms with Crippen LogP contribution in [0.25, 0.3) is 10.2 Å². The molecule has 5 heteroatoms. The van der Waals surface area contributed by atoms with Crippen molar-refractivity contribution in [3.05, 3.63) is 17.3 Å². The highest BCUT2D eigenvalue weighted by Crippen LogP contribution is 2.25. The predicted molar refractivity (Wildman–Crippen MR) is 82.7 cm³/mol. The Kier molecular flexibility index (Phi) is 4.37. The zero-order valence-electron chi connectivity index (χ0n) is 12.3. The molecular weight excluding hydrogens is 256 g/mol. The van der Waals surface area contributed by atoms with Gasteiger partial charge in [-0.3, -0.25) is 4.90 Å². The summed E-state index contributed by atoms with van der Waals surface area (Å²) in [5.41, 5.74) is 0. The number of nitrogens with one attached hydrogen (secondary N) is 1. The third-order valence-electron chi connectivity index (χ3n) is 3.66. The van der Waals surface area contributed by atoms with Crippen molar-refractivity contribution in [1.29, 1.82) is 0 Å². The number of nitrogens with zero attached hydrogens (tertiary/aromatic N) is 3. The van der Waals surface area contributed by atoms with Gasteiger partial charge in [0.15, 0.2) is 0 Å². The molecule has 0 spiro atoms. The van der Waals surface area contributed by atoms with Crippen LogP contribution < -0.4 is 5.32 Å². The van der Waals surface area contributed by atoms with E-state index in [1.54, 1.807) is 11.3 Å². The van der Waals surface area contributed by atoms with Crippen molar-refractivity contribution in [3.8, 4) is 0 Å². The summed E-state index contributed by atoms with van der Waals surface area (Å²) >= 11 is 1.66. The minimum atomic E-state index is 0.515. The molecule has 2 heterocycles. The Balaban J connectivity index is 2.25. The summed E-state index contributed by atoms with van der Waals surface area (Å²) in [4.78, 5) is 12.6. The summed E-state index contributed by atoms with van der Waals surface area (Å²) in [5, 5.41) is 6.33. The highest BCUT2D eigenvalue weighted by Gasteiger charge is 2.15. The van der Waals surface area contributed by atoms with Gasteiger partial charge in [0.1, 0.15) is 16.5 Å². The maximum Gasteiger partial charge on any atom is 0.146 e. The lowest BCUT2D eigenvalue weighted by Gasteiger charge is -2.27. The zero-order chi connectivity index (χ0) is 14.0. The van der Waals surface area contributed by atoms with Gasteiger partial charge >= 0.3 is 0 Å². The molecule has 0 aliphatic rings. The molecule has 104 valence electrons. The maximum absolute atomic E-state index is 4.65. The van der Waals surface area contributed by atoms with Crippen LogP contribution in [0.1, 0.15) is 26.6 Å². The summed E-state index contributed by atoms with van der Waals surface area (Å²) in [5.74, 6) is 2.43. The molecule has 2 aromatic heterocycles. The molecule has 4 nitrogen and oxygen atoms in total. The van der Waals surface area contributed by atoms with Gasteiger partial charge in [-0.2, -0.15) is 0 Å². The second-order valence-electron chi connectivity index (χ2n) is 5.28. The van der Waals surface area contributed by atoms with Gasteiger partial charge in [0.05, 0.1) is 11.9 Å². The van der Waals surface area contributed by atoms with E-state index in [1.807, 2.05) is 7.05 Å². The third-order valence-corrected chi connectivity index (χ3v) is 4.47. The van der Waals surface area contributed by atoms with Crippen LogP contribution in [0.4, 0.5) is 5.82 Å². The topological polar surface area (TPSA) is 41.1 Å². The number of hydrogen-bond acceptors (Lipinski definition) is 5. The van der Waals surface area contributed by atoms with Gasteiger partial charge in [0.25, 0.3) is 0 Å². The van der Waals surface area contributed by atoms with Crippen molar-refractivity contribution in [1.82, 2.24) is 14.9 Å². The quantitative estimate of drug-likeness (QED) is 0.912. The third kappa shape index (κ3) is 3.04. The molecule has 1 N–H and O–H groups in total. The van der Waals surface area contributed by atoms with E-state index in [0.29, 0.717) is 12.0 Å². The lowest BCUT2D eigenvalue weighted by atomic mass is 10.1. The highest BCUT2D eigenvalue weighted by atomic mass is 32.1. The Morgan fingerprint density at radius 1 is 1.32 bits per heavy atom. The minimum absolute atomic E-state index is 0.515. The Morgan fingerprint density at radius 3 is 2.68 bits per heavy atom. The van der Waals surface area contributed by atoms with E-state index in [0.717, 1.165) is 28.4 Å². The standard InChI is InChI=1S/C14H22N4S/c1-9(2)10(3)18(5)8-12-16-13(15-4)11-6-7-19-14(11)17-12/h6-7,9-10H,8H2,1-5H3,(H,15,16,17). The van der Waals surface area contributed by atoms with Crippen LogP contribution in [0.3, 0.4) is 0 Å². The van der Waals surface area contributed by atoms with Gasteiger partial charge < -0.3 is 5.32 Å². The summed E-state index contributed by atoms with van der Waals surface area (Å²) in [6.45, 7) is 7.50. The number of fused-ring (bicyclic) bond motifs is 1. The van der Waals surface area contributed by atoms with Crippen LogP contribution in [0, 0.1) is 5.92 Å². The monoisotopic (exact) mass is 278 g/mol. The van der Waals surface area contributed by atoms with E-state index in [-0.39, 0.29) is 0 Å². The molecular formula is C14H22N4S. The molecule has 0 bridgehead atoms. The van der Waals surface area contributed by atoms with E-state index in [1.165, 1.54) is 0 Å². The van der Waals surface area contributed by atoms with Gasteiger partial charge in [-0.05, 0) is 31.3 Å². The van der Waals surface area contributed by atoms with Gasteiger partial charge in [0, 0.05) is 13.1 Å². The van der Waals surface area contributed by atoms with Gasteiger partial charge in [-0.1, -0.05) is 13.8 Å². The van der Waals surface area contributed by atoms with Crippen molar-refractivity contribution < 1.29 is 0 Å². The molecule has 19 heavy (non-hydrogen) atoms. The van der Waals surface area contributed by atoms with Crippen LogP contribution >= 0.6 is 11.3 Å². The molecule has 0 fully saturated rings. The van der Waals surface area contributed by atoms with E-state index in [9.17, 15) is 0 Å². The first-order valence-corrected chi connectivity index (χ1v) is 7.53. The highest BCUT2D eigenvalue weighted by molar-refractivity contribution is 7.16. The van der Waals surface area contributed by atoms with Crippen LogP contribution in [-0.2, 0) is 6.54 Å². The Labute approximate surface area is 118 Å². The van der Waals surface area contributed by atoms with Crippen LogP contribution in [0.5, 0.6) is 0 Å². The molecule has 0 saturated heterocycles. The first-order chi connectivity index (χ1) is 9.02. The van der Waals surface area contributed by atoms with Crippen molar-refractivity contribution >= 4 is 27.4 Å². The van der Waals surface area contributed by atoms with Gasteiger partial charge in [-0.15, -0.1) is 11.3 Å². The Morgan fingerprint density at radius 2 is 2.05 bits per heavy atom. The largest absolute Gasteiger partial charge is 0.372 e. The lowest BCUT2D eigenvalue weighted by Crippen LogP contribution is -2.33. The SMILES string of the molecule is CNc1nc(CN(C)C(C)C(C)C)nc2sccc12. The molecule has 0 aliphatic carbocycles. The molecule has 1 unspecified atom stereocenters. The fraction of sp³-hybridized carbons (Fsp3) is 0.571. The summed E-state index contributed by atoms with van der Waals surface area (Å²) in [6, 6.07) is 2.58. The summed E-state index contributed by atoms with van der Waals surface area (Å²) in [7, 11) is 4.04. The molecule has 2 aromatic rings. The average molecular weight is 278 g/mol. The first kappa shape index (κ1) is 14.2. The van der Waals surface area contributed by atoms with E-state index in [2.05, 4.69) is 59.4 Å². The van der Waals surface area contributed by atoms with Crippen molar-refractivity contribution in [2.45, 2.75) is 33.4 Å². The van der Waals surface area contributed by atoms with Crippen molar-refractivity contribution in [3.63, 3.8) is 0 Å². The number of anilines is 1. The average Bonchev–Trinajstić information content (AvgIpc) is 2.84. The zero-order valence-corrected chi connectivity index (χ0v) is 13.1. The van der Waals surface area contributed by atoms with E-state index in [4.69, 9.17) is 0 Å². The number of hydrogen-bond donors (Lipinski definition) is 1. The van der Waals surface area contributed by atoms with Crippen LogP contribution in [0.2, 0.25) is 0 Å². The number of aromatic nitrogens is 2. The molecule has 2 rings (SSSR count). The second kappa shape index (κ2) is 5.84. The molecule has 0 amide bonds. The molecule has 0 aliphatic heterocycles. The fourth-order valence-corrected chi connectivity index (χ4v) is 2.82. The number of rotatable bonds is 5. The lowest BCUT2D eigenvalue weighted by molar-refractivity contribution is 0.196. The van der Waals surface area contributed by atoms with Crippen molar-refractivity contribution in [2.75, 3.05) is 19.4 Å². The Hall–Kier alpha value is -1.20. The number of thiophene rings is 1. The van der Waals surface area contributed by atoms with Crippen molar-refractivity contribution in [2.24, 2.45) is 5.92 Å². The Bertz CT molecular complexity index is 549. The molecule has 0 saturated carbocycles. The smallest absolute Gasteiger partial charge is 0.146 e.